The van der Waals surface area contributed by atoms with Gasteiger partial charge in [0.15, 0.2) is 0 Å². The first-order valence-electron chi connectivity index (χ1n) is 6.20. The van der Waals surface area contributed by atoms with Crippen molar-refractivity contribution >= 4 is 5.91 Å². The molecule has 0 bridgehead atoms. The van der Waals surface area contributed by atoms with Crippen molar-refractivity contribution in [1.82, 2.24) is 10.6 Å². The maximum Gasteiger partial charge on any atom is 0.220 e. The average molecular weight is 228 g/mol. The minimum atomic E-state index is -0.821. The van der Waals surface area contributed by atoms with Crippen LogP contribution in [0.5, 0.6) is 0 Å². The maximum atomic E-state index is 11.5. The van der Waals surface area contributed by atoms with Gasteiger partial charge in [0.1, 0.15) is 0 Å². The van der Waals surface area contributed by atoms with E-state index >= 15 is 0 Å². The van der Waals surface area contributed by atoms with Crippen LogP contribution in [0, 0.1) is 0 Å². The zero-order valence-electron chi connectivity index (χ0n) is 10.4. The molecule has 1 heterocycles. The predicted molar refractivity (Wildman–Crippen MR) is 64.2 cm³/mol. The van der Waals surface area contributed by atoms with Crippen LogP contribution in [0.4, 0.5) is 0 Å². The van der Waals surface area contributed by atoms with Crippen molar-refractivity contribution in [3.8, 4) is 0 Å². The Morgan fingerprint density at radius 3 is 2.81 bits per heavy atom. The lowest BCUT2D eigenvalue weighted by Gasteiger charge is -2.23. The summed E-state index contributed by atoms with van der Waals surface area (Å²) < 4.78 is 0. The molecule has 16 heavy (non-hydrogen) atoms. The number of rotatable bonds is 5. The second-order valence-corrected chi connectivity index (χ2v) is 5.27. The summed E-state index contributed by atoms with van der Waals surface area (Å²) in [6.45, 7) is 4.78. The van der Waals surface area contributed by atoms with Gasteiger partial charge in [-0.2, -0.15) is 0 Å². The number of aliphatic hydroxyl groups is 1. The second-order valence-electron chi connectivity index (χ2n) is 5.27. The number of carbonyl (C=O) groups is 1. The number of nitrogens with one attached hydrogen (secondary N) is 2. The van der Waals surface area contributed by atoms with Crippen LogP contribution in [0.15, 0.2) is 0 Å². The molecular weight excluding hydrogens is 204 g/mol. The molecule has 1 rings (SSSR count). The molecule has 0 aromatic rings. The van der Waals surface area contributed by atoms with Crippen LogP contribution in [-0.2, 0) is 4.79 Å². The number of amides is 1. The highest BCUT2D eigenvalue weighted by Gasteiger charge is 2.16. The molecule has 1 amide bonds. The van der Waals surface area contributed by atoms with Crippen LogP contribution in [0.25, 0.3) is 0 Å². The summed E-state index contributed by atoms with van der Waals surface area (Å²) in [5.41, 5.74) is -0.821. The highest BCUT2D eigenvalue weighted by Crippen LogP contribution is 2.11. The van der Waals surface area contributed by atoms with Gasteiger partial charge in [-0.25, -0.2) is 0 Å². The van der Waals surface area contributed by atoms with Crippen molar-refractivity contribution in [2.24, 2.45) is 0 Å². The lowest BCUT2D eigenvalue weighted by atomic mass is 10.0. The Balaban J connectivity index is 2.09. The highest BCUT2D eigenvalue weighted by atomic mass is 16.3. The summed E-state index contributed by atoms with van der Waals surface area (Å²) in [5.74, 6) is 0.0366. The van der Waals surface area contributed by atoms with E-state index in [4.69, 9.17) is 0 Å². The van der Waals surface area contributed by atoms with Crippen LogP contribution in [0.1, 0.15) is 46.0 Å². The van der Waals surface area contributed by atoms with Gasteiger partial charge in [-0.1, -0.05) is 6.42 Å². The standard InChI is InChI=1S/C12H24N2O2/c1-12(2,16)9-14-11(15)7-6-10-5-3-4-8-13-10/h10,13,16H,3-9H2,1-2H3,(H,14,15). The third kappa shape index (κ3) is 6.08. The van der Waals surface area contributed by atoms with E-state index in [9.17, 15) is 9.90 Å². The van der Waals surface area contributed by atoms with Crippen molar-refractivity contribution in [2.75, 3.05) is 13.1 Å². The Labute approximate surface area is 97.8 Å². The molecule has 1 atom stereocenters. The van der Waals surface area contributed by atoms with E-state index in [1.807, 2.05) is 0 Å². The van der Waals surface area contributed by atoms with E-state index < -0.39 is 5.60 Å². The first-order chi connectivity index (χ1) is 7.47. The fourth-order valence-corrected chi connectivity index (χ4v) is 1.88. The van der Waals surface area contributed by atoms with Gasteiger partial charge in [-0.05, 0) is 39.7 Å². The van der Waals surface area contributed by atoms with Gasteiger partial charge in [0.05, 0.1) is 5.60 Å². The number of carbonyl (C=O) groups excluding carboxylic acids is 1. The summed E-state index contributed by atoms with van der Waals surface area (Å²) in [5, 5.41) is 15.6. The van der Waals surface area contributed by atoms with E-state index in [0.717, 1.165) is 13.0 Å². The van der Waals surface area contributed by atoms with E-state index in [2.05, 4.69) is 10.6 Å². The van der Waals surface area contributed by atoms with Gasteiger partial charge in [-0.15, -0.1) is 0 Å². The van der Waals surface area contributed by atoms with Gasteiger partial charge in [0.25, 0.3) is 0 Å². The SMILES string of the molecule is CC(C)(O)CNC(=O)CCC1CCCCN1. The smallest absolute Gasteiger partial charge is 0.220 e. The van der Waals surface area contributed by atoms with E-state index in [1.54, 1.807) is 13.8 Å². The van der Waals surface area contributed by atoms with E-state index in [0.29, 0.717) is 19.0 Å². The Kier molecular flexibility index (Phi) is 5.22. The van der Waals surface area contributed by atoms with Crippen molar-refractivity contribution < 1.29 is 9.90 Å². The summed E-state index contributed by atoms with van der Waals surface area (Å²) in [4.78, 5) is 11.5. The highest BCUT2D eigenvalue weighted by molar-refractivity contribution is 5.75. The molecule has 94 valence electrons. The molecule has 1 aliphatic heterocycles. The van der Waals surface area contributed by atoms with Crippen LogP contribution in [0.2, 0.25) is 0 Å². The summed E-state index contributed by atoms with van der Waals surface area (Å²) in [6.07, 6.45) is 5.15. The normalized spacial score (nSPS) is 21.8. The quantitative estimate of drug-likeness (QED) is 0.652. The van der Waals surface area contributed by atoms with Crippen molar-refractivity contribution in [3.05, 3.63) is 0 Å². The minimum absolute atomic E-state index is 0.0366. The van der Waals surface area contributed by atoms with Crippen LogP contribution >= 0.6 is 0 Å². The topological polar surface area (TPSA) is 61.4 Å². The lowest BCUT2D eigenvalue weighted by molar-refractivity contribution is -0.122. The molecule has 0 aliphatic carbocycles. The minimum Gasteiger partial charge on any atom is -0.389 e. The Hall–Kier alpha value is -0.610. The Morgan fingerprint density at radius 1 is 1.50 bits per heavy atom. The fraction of sp³-hybridized carbons (Fsp3) is 0.917. The molecule has 1 aliphatic rings. The van der Waals surface area contributed by atoms with Crippen LogP contribution < -0.4 is 10.6 Å². The van der Waals surface area contributed by atoms with Crippen molar-refractivity contribution in [1.29, 1.82) is 0 Å². The third-order valence-electron chi connectivity index (χ3n) is 2.85. The molecule has 1 fully saturated rings. The number of hydrogen-bond donors (Lipinski definition) is 3. The van der Waals surface area contributed by atoms with Crippen LogP contribution in [0.3, 0.4) is 0 Å². The average Bonchev–Trinajstić information content (AvgIpc) is 2.24. The molecule has 0 spiro atoms. The van der Waals surface area contributed by atoms with Crippen molar-refractivity contribution in [2.45, 2.75) is 57.6 Å². The van der Waals surface area contributed by atoms with E-state index in [1.165, 1.54) is 19.3 Å². The third-order valence-corrected chi connectivity index (χ3v) is 2.85. The van der Waals surface area contributed by atoms with Gasteiger partial charge < -0.3 is 15.7 Å². The van der Waals surface area contributed by atoms with Gasteiger partial charge in [-0.3, -0.25) is 4.79 Å². The number of hydrogen-bond acceptors (Lipinski definition) is 3. The second kappa shape index (κ2) is 6.21. The first-order valence-corrected chi connectivity index (χ1v) is 6.20. The number of piperidine rings is 1. The van der Waals surface area contributed by atoms with Gasteiger partial charge in [0.2, 0.25) is 5.91 Å². The van der Waals surface area contributed by atoms with Gasteiger partial charge in [0, 0.05) is 19.0 Å². The zero-order chi connectivity index (χ0) is 12.0. The van der Waals surface area contributed by atoms with Crippen molar-refractivity contribution in [3.63, 3.8) is 0 Å². The van der Waals surface area contributed by atoms with Gasteiger partial charge >= 0.3 is 0 Å². The molecule has 4 nitrogen and oxygen atoms in total. The molecular formula is C12H24N2O2. The summed E-state index contributed by atoms with van der Waals surface area (Å²) >= 11 is 0. The monoisotopic (exact) mass is 228 g/mol. The fourth-order valence-electron chi connectivity index (χ4n) is 1.88. The molecule has 3 N–H and O–H groups in total. The summed E-state index contributed by atoms with van der Waals surface area (Å²) in [6, 6.07) is 0.502. The molecule has 0 radical (unpaired) electrons. The molecule has 0 aromatic carbocycles. The Bertz CT molecular complexity index is 218. The maximum absolute atomic E-state index is 11.5. The first kappa shape index (κ1) is 13.5. The largest absolute Gasteiger partial charge is 0.389 e. The Morgan fingerprint density at radius 2 is 2.25 bits per heavy atom. The molecule has 4 heteroatoms. The lowest BCUT2D eigenvalue weighted by Crippen LogP contribution is -2.39. The molecule has 0 saturated carbocycles. The summed E-state index contributed by atoms with van der Waals surface area (Å²) in [7, 11) is 0. The molecule has 0 aromatic heterocycles. The molecule has 1 unspecified atom stereocenters. The molecule has 1 saturated heterocycles. The van der Waals surface area contributed by atoms with Crippen LogP contribution in [-0.4, -0.2) is 35.7 Å². The zero-order valence-corrected chi connectivity index (χ0v) is 10.4. The predicted octanol–water partition coefficient (Wildman–Crippen LogP) is 0.796. The van der Waals surface area contributed by atoms with E-state index in [-0.39, 0.29) is 5.91 Å².